The lowest BCUT2D eigenvalue weighted by molar-refractivity contribution is -0.120. The van der Waals surface area contributed by atoms with E-state index in [0.717, 1.165) is 40.8 Å². The molecule has 700 valence electrons. The van der Waals surface area contributed by atoms with Crippen LogP contribution in [0.25, 0.3) is 39.2 Å². The standard InChI is InChI=1S/C19H31N3O4Si.C15H21NO2S.C13H17N3O4.C12H13N3O3.C6H13Br.C6H6N2O3.C5H9BrO.C5H10O.8CH4/c1-12(2)15(26-27(7,8)19(3,4)5)9-13-18(25-11-20-13)16-17(24)14(23)10-22(6)21-16;1-11(2)13(4)10-15(16-5)19(17,18)14-8-6-12(3)7-9-14;1-7(2)9(17)4-8-13(20-6-14-8)11-12(19)10(18)5-16(3)15-11;1-6(2)8-3-7-12(18-5-13-7)10-11(17)9(16)4-14-15(8)10;1-5(2)6(3)4-7;1-8-2-5(10)6(11)4(3-9)7-8;1-4(2)5(7)3-6;1-4(2)5(3)6;;;;;;;;/h10-12,15,23H,9H2,1-8H3;6-9,11,13,15H,10H2,1-4H3;5-7,9,17-18H,4H2,1-3H3;4-6,8,17H,3H2,1-2H3;5-6H,4H2,1-3H3;2-3,10H,1H3;4H,3H2,1-2H3;4H,1-3H3;8*1H4. The molecule has 0 saturated carbocycles. The van der Waals surface area contributed by atoms with Gasteiger partial charge in [-0.2, -0.15) is 20.4 Å². The monoisotopic (exact) mass is 1890 g/mol. The Morgan fingerprint density at radius 3 is 1.42 bits per heavy atom. The number of hydrogen-bond donors (Lipinski definition) is 5. The first-order chi connectivity index (χ1) is 53.3. The minimum Gasteiger partial charge on any atom is -0.503 e. The van der Waals surface area contributed by atoms with Crippen LogP contribution in [0.4, 0.5) is 0 Å². The van der Waals surface area contributed by atoms with Crippen LogP contribution in [0.2, 0.25) is 18.1 Å². The van der Waals surface area contributed by atoms with Gasteiger partial charge in [0.15, 0.2) is 96.8 Å². The summed E-state index contributed by atoms with van der Waals surface area (Å²) in [6, 6.07) is 6.76. The van der Waals surface area contributed by atoms with Gasteiger partial charge in [-0.3, -0.25) is 57.1 Å². The predicted molar refractivity (Wildman–Crippen MR) is 506 cm³/mol. The Labute approximate surface area is 751 Å². The first-order valence-electron chi connectivity index (χ1n) is 37.8. The highest BCUT2D eigenvalue weighted by molar-refractivity contribution is 9.09. The molecule has 34 heteroatoms. The summed E-state index contributed by atoms with van der Waals surface area (Å²) in [5.74, 6) is 3.10. The lowest BCUT2D eigenvalue weighted by Crippen LogP contribution is -2.45. The molecule has 0 aliphatic carbocycles. The zero-order chi connectivity index (χ0) is 88.2. The lowest BCUT2D eigenvalue weighted by atomic mass is 9.94. The van der Waals surface area contributed by atoms with Crippen LogP contribution in [0.3, 0.4) is 0 Å². The van der Waals surface area contributed by atoms with Gasteiger partial charge in [-0.1, -0.05) is 241 Å². The number of aromatic hydroxyl groups is 4. The number of aldehydes is 1. The molecular weight excluding hydrogens is 1750 g/mol. The van der Waals surface area contributed by atoms with Crippen molar-refractivity contribution >= 4 is 67.9 Å². The lowest BCUT2D eigenvalue weighted by Gasteiger charge is -2.40. The number of aliphatic hydroxyl groups excluding tert-OH is 1. The summed E-state index contributed by atoms with van der Waals surface area (Å²) in [4.78, 5) is 93.3. The third-order valence-corrected chi connectivity index (χ3v) is 27.3. The van der Waals surface area contributed by atoms with E-state index in [4.69, 9.17) is 29.4 Å². The number of aryl methyl sites for hydroxylation is 4. The number of carbonyl (C=O) groups excluding carboxylic acids is 3. The van der Waals surface area contributed by atoms with Crippen LogP contribution in [0.1, 0.15) is 243 Å². The maximum atomic E-state index is 12.4. The molecule has 6 atom stereocenters. The molecule has 0 bridgehead atoms. The molecule has 0 amide bonds. The fourth-order valence-electron chi connectivity index (χ4n) is 9.36. The quantitative estimate of drug-likeness (QED) is 0.0182. The first kappa shape index (κ1) is 127. The Morgan fingerprint density at radius 1 is 0.642 bits per heavy atom. The maximum absolute atomic E-state index is 12.4. The van der Waals surface area contributed by atoms with Crippen LogP contribution in [0.15, 0.2) is 106 Å². The molecule has 7 aromatic heterocycles. The Morgan fingerprint density at radius 2 is 1.07 bits per heavy atom. The summed E-state index contributed by atoms with van der Waals surface area (Å²) < 4.78 is 53.0. The van der Waals surface area contributed by atoms with Gasteiger partial charge in [0, 0.05) is 64.0 Å². The van der Waals surface area contributed by atoms with Crippen molar-refractivity contribution in [3.05, 3.63) is 149 Å². The molecule has 8 aromatic rings. The number of rotatable bonds is 22. The van der Waals surface area contributed by atoms with E-state index in [2.05, 4.69) is 154 Å². The number of hydrogen-bond acceptors (Lipinski definition) is 25. The molecule has 1 aliphatic rings. The second kappa shape index (κ2) is 58.3. The van der Waals surface area contributed by atoms with Gasteiger partial charge in [0.05, 0.1) is 70.3 Å². The van der Waals surface area contributed by atoms with Crippen molar-refractivity contribution in [2.24, 2.45) is 74.4 Å². The van der Waals surface area contributed by atoms with Crippen molar-refractivity contribution in [2.45, 2.75) is 277 Å². The molecule has 6 unspecified atom stereocenters. The van der Waals surface area contributed by atoms with E-state index in [1.165, 1.54) is 52.7 Å². The number of aromatic nitrogens is 11. The maximum Gasteiger partial charge on any atom is 0.325 e. The molecule has 8 heterocycles. The van der Waals surface area contributed by atoms with Gasteiger partial charge in [0.25, 0.3) is 26.1 Å². The van der Waals surface area contributed by atoms with Crippen LogP contribution < -0.4 is 21.7 Å². The number of Topliss-reactive ketones (excluding diaryl/α,β-unsaturated/α-hetero) is 2. The van der Waals surface area contributed by atoms with Gasteiger partial charge in [0.1, 0.15) is 11.6 Å². The predicted octanol–water partition coefficient (Wildman–Crippen LogP) is 19.4. The van der Waals surface area contributed by atoms with Crippen molar-refractivity contribution in [3.8, 4) is 57.4 Å². The molecule has 5 N–H and O–H groups in total. The molecule has 0 radical (unpaired) electrons. The van der Waals surface area contributed by atoms with E-state index >= 15 is 0 Å². The molecular formula is C89H152Br2N12O18SSi. The van der Waals surface area contributed by atoms with E-state index in [0.29, 0.717) is 65.6 Å². The van der Waals surface area contributed by atoms with Crippen LogP contribution in [-0.4, -0.2) is 142 Å². The summed E-state index contributed by atoms with van der Waals surface area (Å²) in [5.41, 5.74) is 0.473. The van der Waals surface area contributed by atoms with Gasteiger partial charge in [-0.05, 0) is 85.5 Å². The number of oxazole rings is 3. The Kier molecular flexibility index (Phi) is 60.4. The summed E-state index contributed by atoms with van der Waals surface area (Å²) in [5, 5.41) is 64.7. The topological polar surface area (TPSA) is 418 Å². The zero-order valence-corrected chi connectivity index (χ0v) is 76.2. The van der Waals surface area contributed by atoms with Crippen molar-refractivity contribution in [1.29, 1.82) is 0 Å². The number of fused-ring (bicyclic) bond motifs is 3. The average molecular weight is 1900 g/mol. The number of benzene rings is 1. The van der Waals surface area contributed by atoms with Crippen molar-refractivity contribution < 1.29 is 66.0 Å². The summed E-state index contributed by atoms with van der Waals surface area (Å²) >= 11 is 6.48. The normalized spacial score (nSPS) is 12.8. The zero-order valence-electron chi connectivity index (χ0n) is 71.3. The minimum absolute atomic E-state index is 0. The van der Waals surface area contributed by atoms with Crippen LogP contribution in [0, 0.1) is 66.8 Å². The SMILES string of the molecule is C.C.C.C.C.C.C.C.CC(=O)C(C)C.CC(C)C(=O)CBr.CC(C)C(C)CBr.CC(C)C(Cc1ncoc1-c1nn(C)cc(O)c1=O)O[Si](C)(C)C(C)(C)C.CC(C)C(O)Cc1ncoc1-c1nn(C)cc(O)c1=O.CC(C)C1Cc2ncoc2-c2c(O)c(=O)cnn21.Cn1cc(O)c(=O)c(C=O)n1.[C-]#[N+]C(CC(C)C(C)C)S(=O)(=O)c1ccc(C)cc1. The van der Waals surface area contributed by atoms with E-state index in [9.17, 15) is 62.4 Å². The van der Waals surface area contributed by atoms with Crippen molar-refractivity contribution in [2.75, 3.05) is 10.7 Å². The molecule has 30 nitrogen and oxygen atoms in total. The van der Waals surface area contributed by atoms with Crippen molar-refractivity contribution in [3.63, 3.8) is 0 Å². The average Bonchev–Trinajstić information content (AvgIpc) is 1.70. The largest absolute Gasteiger partial charge is 0.503 e. The fraction of sp³-hybridized carbons (Fsp3) is 0.607. The van der Waals surface area contributed by atoms with Crippen LogP contribution >= 0.6 is 31.9 Å². The molecule has 0 saturated heterocycles. The van der Waals surface area contributed by atoms with Gasteiger partial charge >= 0.3 is 5.37 Å². The second-order valence-electron chi connectivity index (χ2n) is 32.0. The van der Waals surface area contributed by atoms with E-state index in [1.807, 2.05) is 69.2 Å². The van der Waals surface area contributed by atoms with Crippen molar-refractivity contribution in [1.82, 2.24) is 54.1 Å². The Balaban J connectivity index is -0.000000258. The van der Waals surface area contributed by atoms with Gasteiger partial charge < -0.3 is 43.2 Å². The third-order valence-electron chi connectivity index (χ3n) is 19.3. The number of sulfone groups is 1. The van der Waals surface area contributed by atoms with Gasteiger partial charge in [-0.15, -0.1) is 0 Å². The highest BCUT2D eigenvalue weighted by atomic mass is 79.9. The van der Waals surface area contributed by atoms with Gasteiger partial charge in [-0.25, -0.2) is 29.9 Å². The highest BCUT2D eigenvalue weighted by Gasteiger charge is 2.41. The van der Waals surface area contributed by atoms with Crippen LogP contribution in [0.5, 0.6) is 23.0 Å². The highest BCUT2D eigenvalue weighted by Crippen LogP contribution is 2.41. The number of alkyl halides is 2. The smallest absolute Gasteiger partial charge is 0.325 e. The third kappa shape index (κ3) is 38.6. The molecule has 0 fully saturated rings. The van der Waals surface area contributed by atoms with Gasteiger partial charge in [0.2, 0.25) is 5.43 Å². The van der Waals surface area contributed by atoms with E-state index in [1.54, 1.807) is 50.0 Å². The summed E-state index contributed by atoms with van der Waals surface area (Å²) in [6.45, 7) is 54.3. The molecule has 1 aromatic carbocycles. The Hall–Kier alpha value is -8.88. The Bertz CT molecular complexity index is 4840. The number of aliphatic hydroxyl groups is 1. The van der Waals surface area contributed by atoms with E-state index < -0.39 is 62.8 Å². The molecule has 1 aliphatic heterocycles. The minimum atomic E-state index is -3.55. The van der Waals surface area contributed by atoms with E-state index in [-0.39, 0.29) is 169 Å². The number of ketones is 2. The fourth-order valence-corrected chi connectivity index (χ4v) is 13.7. The summed E-state index contributed by atoms with van der Waals surface area (Å²) in [6.07, 6.45) is 10.1. The number of halogens is 2. The first-order valence-corrected chi connectivity index (χ1v) is 44.5. The number of nitrogens with zero attached hydrogens (tertiary/aromatic N) is 12. The molecule has 123 heavy (non-hydrogen) atoms. The second-order valence-corrected chi connectivity index (χ2v) is 40.0. The molecule has 9 rings (SSSR count). The summed E-state index contributed by atoms with van der Waals surface area (Å²) in [7, 11) is -0.794. The van der Waals surface area contributed by atoms with Crippen LogP contribution in [-0.2, 0) is 64.3 Å². The molecule has 0 spiro atoms. The number of carbonyl (C=O) groups is 3.